The summed E-state index contributed by atoms with van der Waals surface area (Å²) in [6.07, 6.45) is -5.09. The lowest BCUT2D eigenvalue weighted by Gasteiger charge is -2.20. The Hall–Kier alpha value is -3.56. The molecule has 1 heterocycles. The SMILES string of the molecule is CC(C)(C)c1ccc(O[C@H](Cc2ccc(OCCN3CC4C(C3)C4NCc3cccc(C(F)(F)F)c3)cc2)C(=O)O)cc1. The van der Waals surface area contributed by atoms with Gasteiger partial charge in [0.2, 0.25) is 0 Å². The predicted octanol–water partition coefficient (Wildman–Crippen LogP) is 6.18. The van der Waals surface area contributed by atoms with Gasteiger partial charge in [0.15, 0.2) is 6.10 Å². The van der Waals surface area contributed by atoms with Crippen molar-refractivity contribution in [3.63, 3.8) is 0 Å². The Kier molecular flexibility index (Phi) is 9.04. The van der Waals surface area contributed by atoms with Crippen molar-refractivity contribution >= 4 is 5.97 Å². The number of nitrogens with one attached hydrogen (secondary N) is 1. The van der Waals surface area contributed by atoms with Crippen molar-refractivity contribution < 1.29 is 32.5 Å². The Morgan fingerprint density at radius 3 is 2.19 bits per heavy atom. The third-order valence-electron chi connectivity index (χ3n) is 8.36. The average molecular weight is 597 g/mol. The van der Waals surface area contributed by atoms with Crippen LogP contribution in [0.5, 0.6) is 11.5 Å². The number of fused-ring (bicyclic) bond motifs is 1. The van der Waals surface area contributed by atoms with Gasteiger partial charge < -0.3 is 19.9 Å². The molecule has 0 spiro atoms. The van der Waals surface area contributed by atoms with E-state index < -0.39 is 23.8 Å². The standard InChI is InChI=1S/C34H39F3N2O4/c1-33(2,3)24-9-13-27(14-10-24)43-30(32(40)41)18-22-7-11-26(12-8-22)42-16-15-39-20-28-29(21-39)31(28)38-19-23-5-4-6-25(17-23)34(35,36)37/h4-14,17,28-31,38H,15-16,18-21H2,1-3H3,(H,40,41)/t28?,29?,30-,31?/m1/s1. The number of carboxylic acids is 1. The first kappa shape index (κ1) is 30.9. The summed E-state index contributed by atoms with van der Waals surface area (Å²) in [5.74, 6) is 1.27. The van der Waals surface area contributed by atoms with E-state index in [-0.39, 0.29) is 11.8 Å². The zero-order chi connectivity index (χ0) is 30.8. The van der Waals surface area contributed by atoms with Gasteiger partial charge in [-0.15, -0.1) is 0 Å². The Morgan fingerprint density at radius 2 is 1.58 bits per heavy atom. The number of ether oxygens (including phenoxy) is 2. The molecule has 230 valence electrons. The summed E-state index contributed by atoms with van der Waals surface area (Å²) in [4.78, 5) is 14.2. The smallest absolute Gasteiger partial charge is 0.416 e. The van der Waals surface area contributed by atoms with Crippen LogP contribution in [-0.4, -0.2) is 54.4 Å². The zero-order valence-corrected chi connectivity index (χ0v) is 24.7. The molecule has 0 amide bonds. The molecule has 43 heavy (non-hydrogen) atoms. The molecular formula is C34H39F3N2O4. The number of carbonyl (C=O) groups is 1. The number of hydrogen-bond donors (Lipinski definition) is 2. The second kappa shape index (κ2) is 12.6. The number of likely N-dealkylation sites (tertiary alicyclic amines) is 1. The topological polar surface area (TPSA) is 71.0 Å². The highest BCUT2D eigenvalue weighted by Gasteiger charge is 2.55. The molecular weight excluding hydrogens is 557 g/mol. The minimum absolute atomic E-state index is 0.00489. The fourth-order valence-electron chi connectivity index (χ4n) is 5.80. The third-order valence-corrected chi connectivity index (χ3v) is 8.36. The summed E-state index contributed by atoms with van der Waals surface area (Å²) < 4.78 is 50.6. The lowest BCUT2D eigenvalue weighted by Crippen LogP contribution is -2.33. The maximum Gasteiger partial charge on any atom is 0.416 e. The largest absolute Gasteiger partial charge is 0.492 e. The summed E-state index contributed by atoms with van der Waals surface area (Å²) in [6, 6.07) is 20.8. The monoisotopic (exact) mass is 596 g/mol. The normalized spacial score (nSPS) is 20.8. The number of benzene rings is 3. The molecule has 3 aromatic rings. The van der Waals surface area contributed by atoms with Crippen LogP contribution in [0.2, 0.25) is 0 Å². The van der Waals surface area contributed by atoms with Crippen molar-refractivity contribution in [1.29, 1.82) is 0 Å². The highest BCUT2D eigenvalue weighted by Crippen LogP contribution is 2.45. The van der Waals surface area contributed by atoms with Crippen LogP contribution in [0.25, 0.3) is 0 Å². The van der Waals surface area contributed by atoms with Crippen LogP contribution in [0.15, 0.2) is 72.8 Å². The van der Waals surface area contributed by atoms with Gasteiger partial charge in [-0.05, 0) is 64.3 Å². The molecule has 9 heteroatoms. The highest BCUT2D eigenvalue weighted by atomic mass is 19.4. The fraction of sp³-hybridized carbons (Fsp3) is 0.441. The van der Waals surface area contributed by atoms with Gasteiger partial charge in [-0.3, -0.25) is 4.90 Å². The fourth-order valence-corrected chi connectivity index (χ4v) is 5.80. The van der Waals surface area contributed by atoms with Crippen LogP contribution in [-0.2, 0) is 29.4 Å². The minimum Gasteiger partial charge on any atom is -0.492 e. The summed E-state index contributed by atoms with van der Waals surface area (Å²) in [6.45, 7) is 10.0. The molecule has 0 radical (unpaired) electrons. The summed E-state index contributed by atoms with van der Waals surface area (Å²) in [5, 5.41) is 13.1. The quantitative estimate of drug-likeness (QED) is 0.260. The van der Waals surface area contributed by atoms with Crippen molar-refractivity contribution in [2.24, 2.45) is 11.8 Å². The van der Waals surface area contributed by atoms with Crippen molar-refractivity contribution in [2.45, 2.75) is 57.5 Å². The van der Waals surface area contributed by atoms with Crippen molar-refractivity contribution in [1.82, 2.24) is 10.2 Å². The van der Waals surface area contributed by atoms with Crippen LogP contribution in [0.3, 0.4) is 0 Å². The number of aliphatic carboxylic acids is 1. The second-order valence-corrected chi connectivity index (χ2v) is 12.6. The maximum absolute atomic E-state index is 13.0. The van der Waals surface area contributed by atoms with E-state index in [9.17, 15) is 23.1 Å². The number of rotatable bonds is 12. The summed E-state index contributed by atoms with van der Waals surface area (Å²) in [7, 11) is 0. The molecule has 1 aliphatic heterocycles. The van der Waals surface area contributed by atoms with Crippen LogP contribution in [0.4, 0.5) is 13.2 Å². The molecule has 3 atom stereocenters. The molecule has 3 aromatic carbocycles. The van der Waals surface area contributed by atoms with Crippen molar-refractivity contribution in [3.05, 3.63) is 95.1 Å². The van der Waals surface area contributed by atoms with Gasteiger partial charge in [0.05, 0.1) is 5.56 Å². The third kappa shape index (κ3) is 8.09. The van der Waals surface area contributed by atoms with E-state index in [1.807, 2.05) is 48.5 Å². The van der Waals surface area contributed by atoms with E-state index >= 15 is 0 Å². The maximum atomic E-state index is 13.0. The number of nitrogens with zero attached hydrogens (tertiary/aromatic N) is 1. The van der Waals surface area contributed by atoms with Gasteiger partial charge in [-0.2, -0.15) is 13.2 Å². The predicted molar refractivity (Wildman–Crippen MR) is 158 cm³/mol. The molecule has 6 nitrogen and oxygen atoms in total. The van der Waals surface area contributed by atoms with E-state index in [2.05, 4.69) is 31.0 Å². The molecule has 0 bridgehead atoms. The van der Waals surface area contributed by atoms with Crippen LogP contribution >= 0.6 is 0 Å². The highest BCUT2D eigenvalue weighted by molar-refractivity contribution is 5.73. The zero-order valence-electron chi connectivity index (χ0n) is 24.7. The molecule has 1 saturated carbocycles. The number of halogens is 3. The van der Waals surface area contributed by atoms with Crippen LogP contribution in [0, 0.1) is 11.8 Å². The van der Waals surface area contributed by atoms with Gasteiger partial charge in [0.25, 0.3) is 0 Å². The van der Waals surface area contributed by atoms with Gasteiger partial charge >= 0.3 is 12.1 Å². The summed E-state index contributed by atoms with van der Waals surface area (Å²) in [5.41, 5.74) is 2.03. The molecule has 1 saturated heterocycles. The lowest BCUT2D eigenvalue weighted by molar-refractivity contribution is -0.145. The van der Waals surface area contributed by atoms with Crippen LogP contribution < -0.4 is 14.8 Å². The summed E-state index contributed by atoms with van der Waals surface area (Å²) >= 11 is 0. The Balaban J connectivity index is 1.01. The van der Waals surface area contributed by atoms with Gasteiger partial charge in [-0.1, -0.05) is 63.2 Å². The molecule has 2 aliphatic rings. The lowest BCUT2D eigenvalue weighted by atomic mass is 9.87. The molecule has 2 unspecified atom stereocenters. The first-order valence-electron chi connectivity index (χ1n) is 14.7. The second-order valence-electron chi connectivity index (χ2n) is 12.6. The van der Waals surface area contributed by atoms with E-state index in [0.29, 0.717) is 42.3 Å². The first-order valence-corrected chi connectivity index (χ1v) is 14.7. The molecule has 1 aliphatic carbocycles. The van der Waals surface area contributed by atoms with E-state index in [1.54, 1.807) is 6.07 Å². The van der Waals surface area contributed by atoms with E-state index in [1.165, 1.54) is 12.1 Å². The number of piperidine rings is 1. The Morgan fingerprint density at radius 1 is 0.930 bits per heavy atom. The van der Waals surface area contributed by atoms with E-state index in [0.717, 1.165) is 42.6 Å². The molecule has 0 aromatic heterocycles. The number of carboxylic acid groups (broad SMARTS) is 1. The van der Waals surface area contributed by atoms with Crippen molar-refractivity contribution in [2.75, 3.05) is 26.2 Å². The minimum atomic E-state index is -4.32. The van der Waals surface area contributed by atoms with Gasteiger partial charge in [-0.25, -0.2) is 4.79 Å². The number of alkyl halides is 3. The molecule has 5 rings (SSSR count). The molecule has 2 fully saturated rings. The van der Waals surface area contributed by atoms with Crippen LogP contribution in [0.1, 0.15) is 43.0 Å². The van der Waals surface area contributed by atoms with E-state index in [4.69, 9.17) is 9.47 Å². The molecule has 2 N–H and O–H groups in total. The van der Waals surface area contributed by atoms with Crippen molar-refractivity contribution in [3.8, 4) is 11.5 Å². The Bertz CT molecular complexity index is 1370. The van der Waals surface area contributed by atoms with Gasteiger partial charge in [0, 0.05) is 38.6 Å². The van der Waals surface area contributed by atoms with Gasteiger partial charge in [0.1, 0.15) is 18.1 Å². The number of hydrogen-bond acceptors (Lipinski definition) is 5. The first-order chi connectivity index (χ1) is 20.4. The Labute approximate surface area is 250 Å². The average Bonchev–Trinajstić information content (AvgIpc) is 3.41.